The van der Waals surface area contributed by atoms with E-state index in [-0.39, 0.29) is 5.82 Å². The van der Waals surface area contributed by atoms with E-state index in [0.717, 1.165) is 38.0 Å². The molecular formula is C27H30FN3OS. The molecule has 2 heterocycles. The Kier molecular flexibility index (Phi) is 6.49. The first-order valence-electron chi connectivity index (χ1n) is 11.6. The highest BCUT2D eigenvalue weighted by atomic mass is 32.1. The highest BCUT2D eigenvalue weighted by Crippen LogP contribution is 2.28. The summed E-state index contributed by atoms with van der Waals surface area (Å²) in [5.74, 6) is 0.328. The molecule has 4 aromatic rings. The SMILES string of the molecule is Cn1c2ccccc2sn(CC2CCN(CC(O)c3ccc(F)cc3)CC2)c2ccccc21. The van der Waals surface area contributed by atoms with E-state index >= 15 is 0 Å². The molecule has 1 aliphatic heterocycles. The Hall–Kier alpha value is -2.67. The number of β-amino-alcohol motifs (C(OH)–C–C–N with tert-alkyl or cyclic N) is 1. The van der Waals surface area contributed by atoms with Gasteiger partial charge in [-0.15, -0.1) is 0 Å². The van der Waals surface area contributed by atoms with E-state index < -0.39 is 6.10 Å². The predicted molar refractivity (Wildman–Crippen MR) is 134 cm³/mol. The third kappa shape index (κ3) is 4.83. The smallest absolute Gasteiger partial charge is 0.123 e. The van der Waals surface area contributed by atoms with Crippen molar-refractivity contribution in [1.82, 2.24) is 13.4 Å². The minimum absolute atomic E-state index is 0.270. The van der Waals surface area contributed by atoms with Crippen LogP contribution in [-0.4, -0.2) is 38.2 Å². The van der Waals surface area contributed by atoms with Crippen molar-refractivity contribution < 1.29 is 9.50 Å². The number of aryl methyl sites for hydroxylation is 1. The summed E-state index contributed by atoms with van der Waals surface area (Å²) in [7, 11) is 2.15. The molecule has 1 aliphatic rings. The summed E-state index contributed by atoms with van der Waals surface area (Å²) in [6.07, 6.45) is 1.63. The van der Waals surface area contributed by atoms with Crippen molar-refractivity contribution in [3.63, 3.8) is 0 Å². The number of likely N-dealkylation sites (tertiary alicyclic amines) is 1. The number of nitrogens with zero attached hydrogens (tertiary/aromatic N) is 3. The highest BCUT2D eigenvalue weighted by Gasteiger charge is 2.22. The maximum Gasteiger partial charge on any atom is 0.123 e. The van der Waals surface area contributed by atoms with Gasteiger partial charge in [0.1, 0.15) is 5.82 Å². The molecular weight excluding hydrogens is 433 g/mol. The maximum absolute atomic E-state index is 13.2. The third-order valence-corrected chi connectivity index (χ3v) is 7.87. The van der Waals surface area contributed by atoms with Crippen molar-refractivity contribution >= 4 is 32.8 Å². The van der Waals surface area contributed by atoms with Crippen molar-refractivity contribution in [2.24, 2.45) is 13.0 Å². The zero-order chi connectivity index (χ0) is 22.8. The Labute approximate surface area is 198 Å². The van der Waals surface area contributed by atoms with Gasteiger partial charge < -0.3 is 14.6 Å². The minimum Gasteiger partial charge on any atom is -0.387 e. The average Bonchev–Trinajstić information content (AvgIpc) is 2.96. The summed E-state index contributed by atoms with van der Waals surface area (Å²) in [4.78, 5) is 2.33. The van der Waals surface area contributed by atoms with Crippen molar-refractivity contribution in [3.05, 3.63) is 84.2 Å². The molecule has 0 bridgehead atoms. The fourth-order valence-corrected chi connectivity index (χ4v) is 6.04. The first kappa shape index (κ1) is 22.1. The Balaban J connectivity index is 1.32. The van der Waals surface area contributed by atoms with Crippen LogP contribution < -0.4 is 0 Å². The Bertz CT molecular complexity index is 1280. The number of benzene rings is 3. The number of halogens is 1. The van der Waals surface area contributed by atoms with Gasteiger partial charge in [-0.2, -0.15) is 0 Å². The van der Waals surface area contributed by atoms with Crippen LogP contribution in [0, 0.1) is 11.7 Å². The second-order valence-corrected chi connectivity index (χ2v) is 10.0. The van der Waals surface area contributed by atoms with Gasteiger partial charge in [0.25, 0.3) is 0 Å². The van der Waals surface area contributed by atoms with Gasteiger partial charge in [-0.25, -0.2) is 4.39 Å². The van der Waals surface area contributed by atoms with Crippen LogP contribution in [0.1, 0.15) is 24.5 Å². The number of rotatable bonds is 5. The molecule has 0 spiro atoms. The number of aliphatic hydroxyl groups is 1. The van der Waals surface area contributed by atoms with Crippen LogP contribution in [-0.2, 0) is 13.6 Å². The normalized spacial score (nSPS) is 16.3. The van der Waals surface area contributed by atoms with Gasteiger partial charge in [0, 0.05) is 20.1 Å². The van der Waals surface area contributed by atoms with Crippen LogP contribution in [0.2, 0.25) is 0 Å². The van der Waals surface area contributed by atoms with Crippen LogP contribution >= 0.6 is 11.5 Å². The molecule has 1 fully saturated rings. The van der Waals surface area contributed by atoms with Gasteiger partial charge in [0.05, 0.1) is 27.4 Å². The van der Waals surface area contributed by atoms with Gasteiger partial charge in [-0.1, -0.05) is 47.9 Å². The standard InChI is InChI=1S/C27H30FN3OS/c1-29-23-6-2-3-7-24(23)31(33-27-9-5-4-8-25(27)29)18-20-14-16-30(17-15-20)19-26(32)21-10-12-22(28)13-11-21/h2-13,20,26,32H,14-19H2,1H3. The third-order valence-electron chi connectivity index (χ3n) is 6.76. The summed E-state index contributed by atoms with van der Waals surface area (Å²) in [5.41, 5.74) is 4.51. The van der Waals surface area contributed by atoms with Crippen LogP contribution in [0.25, 0.3) is 21.3 Å². The number of piperidine rings is 1. The van der Waals surface area contributed by atoms with Crippen LogP contribution in [0.5, 0.6) is 0 Å². The Morgan fingerprint density at radius 1 is 0.909 bits per heavy atom. The molecule has 5 rings (SSSR count). The summed E-state index contributed by atoms with van der Waals surface area (Å²) < 4.78 is 19.2. The molecule has 1 aromatic heterocycles. The molecule has 1 atom stereocenters. The fraction of sp³-hybridized carbons (Fsp3) is 0.333. The Morgan fingerprint density at radius 3 is 2.27 bits per heavy atom. The van der Waals surface area contributed by atoms with Crippen molar-refractivity contribution in [1.29, 1.82) is 0 Å². The molecule has 3 aromatic carbocycles. The monoisotopic (exact) mass is 463 g/mol. The first-order chi connectivity index (χ1) is 16.1. The quantitative estimate of drug-likeness (QED) is 0.400. The fourth-order valence-electron chi connectivity index (χ4n) is 4.82. The molecule has 172 valence electrons. The summed E-state index contributed by atoms with van der Waals surface area (Å²) in [6, 6.07) is 23.4. The number of aromatic nitrogens is 2. The van der Waals surface area contributed by atoms with Gasteiger partial charge in [0.2, 0.25) is 0 Å². The number of fused-ring (bicyclic) bond motifs is 2. The molecule has 4 nitrogen and oxygen atoms in total. The average molecular weight is 464 g/mol. The van der Waals surface area contributed by atoms with Gasteiger partial charge in [-0.3, -0.25) is 3.96 Å². The summed E-state index contributed by atoms with van der Waals surface area (Å²) in [5, 5.41) is 10.6. The lowest BCUT2D eigenvalue weighted by Crippen LogP contribution is -2.37. The lowest BCUT2D eigenvalue weighted by atomic mass is 9.96. The van der Waals surface area contributed by atoms with E-state index in [1.54, 1.807) is 12.1 Å². The van der Waals surface area contributed by atoms with Gasteiger partial charge >= 0.3 is 0 Å². The van der Waals surface area contributed by atoms with Crippen molar-refractivity contribution in [3.8, 4) is 0 Å². The van der Waals surface area contributed by atoms with Crippen LogP contribution in [0.3, 0.4) is 0 Å². The Morgan fingerprint density at radius 2 is 1.55 bits per heavy atom. The number of aliphatic hydroxyl groups excluding tert-OH is 1. The second kappa shape index (κ2) is 9.67. The molecule has 33 heavy (non-hydrogen) atoms. The zero-order valence-electron chi connectivity index (χ0n) is 18.9. The predicted octanol–water partition coefficient (Wildman–Crippen LogP) is 5.90. The molecule has 0 saturated carbocycles. The molecule has 0 radical (unpaired) electrons. The van der Waals surface area contributed by atoms with Crippen molar-refractivity contribution in [2.45, 2.75) is 25.5 Å². The first-order valence-corrected chi connectivity index (χ1v) is 12.4. The van der Waals surface area contributed by atoms with E-state index in [9.17, 15) is 9.50 Å². The largest absolute Gasteiger partial charge is 0.387 e. The van der Waals surface area contributed by atoms with Crippen molar-refractivity contribution in [2.75, 3.05) is 19.6 Å². The van der Waals surface area contributed by atoms with Crippen LogP contribution in [0.4, 0.5) is 4.39 Å². The molecule has 1 unspecified atom stereocenters. The topological polar surface area (TPSA) is 33.3 Å². The molecule has 1 N–H and O–H groups in total. The second-order valence-electron chi connectivity index (χ2n) is 8.98. The number of hydrogen-bond acceptors (Lipinski definition) is 3. The number of hydrogen-bond donors (Lipinski definition) is 1. The molecule has 6 heteroatoms. The summed E-state index contributed by atoms with van der Waals surface area (Å²) >= 11 is 1.84. The highest BCUT2D eigenvalue weighted by molar-refractivity contribution is 7.13. The van der Waals surface area contributed by atoms with E-state index in [4.69, 9.17) is 0 Å². The van der Waals surface area contributed by atoms with Crippen LogP contribution in [0.15, 0.2) is 72.8 Å². The van der Waals surface area contributed by atoms with Gasteiger partial charge in [0.15, 0.2) is 0 Å². The molecule has 0 aliphatic carbocycles. The minimum atomic E-state index is -0.581. The zero-order valence-corrected chi connectivity index (χ0v) is 19.7. The van der Waals surface area contributed by atoms with E-state index in [0.29, 0.717) is 12.5 Å². The lowest BCUT2D eigenvalue weighted by Gasteiger charge is -2.33. The van der Waals surface area contributed by atoms with E-state index in [1.807, 2.05) is 11.5 Å². The number of para-hydroxylation sites is 3. The van der Waals surface area contributed by atoms with E-state index in [2.05, 4.69) is 69.0 Å². The van der Waals surface area contributed by atoms with Gasteiger partial charge in [-0.05, 0) is 73.8 Å². The molecule has 1 saturated heterocycles. The molecule has 0 amide bonds. The summed E-state index contributed by atoms with van der Waals surface area (Å²) in [6.45, 7) is 3.54. The maximum atomic E-state index is 13.2. The lowest BCUT2D eigenvalue weighted by molar-refractivity contribution is 0.0872. The van der Waals surface area contributed by atoms with E-state index in [1.165, 1.54) is 33.4 Å².